The van der Waals surface area contributed by atoms with Crippen LogP contribution in [0.25, 0.3) is 6.08 Å². The number of ether oxygens (including phenoxy) is 5. The van der Waals surface area contributed by atoms with E-state index in [0.717, 1.165) is 9.13 Å². The van der Waals surface area contributed by atoms with Crippen LogP contribution in [0.15, 0.2) is 51.4 Å². The number of esters is 1. The van der Waals surface area contributed by atoms with E-state index < -0.39 is 12.0 Å². The van der Waals surface area contributed by atoms with Gasteiger partial charge in [0.2, 0.25) is 6.79 Å². The summed E-state index contributed by atoms with van der Waals surface area (Å²) < 4.78 is 30.1. The van der Waals surface area contributed by atoms with Crippen LogP contribution in [-0.2, 0) is 9.53 Å². The van der Waals surface area contributed by atoms with Gasteiger partial charge in [0.05, 0.1) is 46.2 Å². The van der Waals surface area contributed by atoms with E-state index in [1.54, 1.807) is 50.8 Å². The Morgan fingerprint density at radius 2 is 2.00 bits per heavy atom. The first kappa shape index (κ1) is 25.3. The number of rotatable bonds is 6. The summed E-state index contributed by atoms with van der Waals surface area (Å²) >= 11 is 3.42. The van der Waals surface area contributed by atoms with E-state index in [2.05, 4.69) is 27.6 Å². The molecule has 1 aromatic heterocycles. The van der Waals surface area contributed by atoms with E-state index in [9.17, 15) is 9.59 Å². The Balaban J connectivity index is 1.71. The normalized spacial score (nSPS) is 16.4. The van der Waals surface area contributed by atoms with Crippen LogP contribution in [0.3, 0.4) is 0 Å². The minimum absolute atomic E-state index is 0.116. The molecule has 0 saturated heterocycles. The first-order chi connectivity index (χ1) is 17.9. The molecule has 0 aliphatic carbocycles. The van der Waals surface area contributed by atoms with Crippen LogP contribution in [-0.4, -0.2) is 38.2 Å². The lowest BCUT2D eigenvalue weighted by Gasteiger charge is -2.24. The van der Waals surface area contributed by atoms with Crippen molar-refractivity contribution in [1.29, 1.82) is 0 Å². The van der Waals surface area contributed by atoms with Crippen molar-refractivity contribution in [3.63, 3.8) is 0 Å². The molecule has 9 nitrogen and oxygen atoms in total. The summed E-state index contributed by atoms with van der Waals surface area (Å²) in [6, 6.07) is 8.37. The van der Waals surface area contributed by atoms with Crippen LogP contribution in [0.5, 0.6) is 23.0 Å². The van der Waals surface area contributed by atoms with Gasteiger partial charge < -0.3 is 23.7 Å². The molecule has 2 aromatic carbocycles. The lowest BCUT2D eigenvalue weighted by Crippen LogP contribution is -2.39. The molecule has 0 bridgehead atoms. The zero-order chi connectivity index (χ0) is 26.3. The van der Waals surface area contributed by atoms with Crippen LogP contribution in [0.1, 0.15) is 31.0 Å². The van der Waals surface area contributed by atoms with Crippen molar-refractivity contribution in [1.82, 2.24) is 4.57 Å². The zero-order valence-electron chi connectivity index (χ0n) is 20.5. The molecule has 37 heavy (non-hydrogen) atoms. The van der Waals surface area contributed by atoms with Crippen molar-refractivity contribution < 1.29 is 28.5 Å². The predicted octanol–water partition coefficient (Wildman–Crippen LogP) is 3.15. The molecule has 2 aliphatic heterocycles. The van der Waals surface area contributed by atoms with Crippen molar-refractivity contribution in [2.24, 2.45) is 4.99 Å². The highest BCUT2D eigenvalue weighted by molar-refractivity contribution is 14.1. The van der Waals surface area contributed by atoms with Gasteiger partial charge in [-0.3, -0.25) is 9.36 Å². The summed E-state index contributed by atoms with van der Waals surface area (Å²) in [4.78, 5) is 32.0. The summed E-state index contributed by atoms with van der Waals surface area (Å²) in [5.74, 6) is 1.83. The number of carbonyl (C=O) groups is 1. The third kappa shape index (κ3) is 4.50. The number of hydrogen-bond donors (Lipinski definition) is 0. The molecule has 11 heteroatoms. The second-order valence-corrected chi connectivity index (χ2v) is 10.3. The fraction of sp³-hybridized carbons (Fsp3) is 0.269. The average molecular weight is 634 g/mol. The number of carbonyl (C=O) groups excluding carboxylic acids is 1. The maximum atomic E-state index is 13.8. The van der Waals surface area contributed by atoms with Gasteiger partial charge in [-0.05, 0) is 77.9 Å². The van der Waals surface area contributed by atoms with Crippen molar-refractivity contribution in [2.45, 2.75) is 19.9 Å². The zero-order valence-corrected chi connectivity index (χ0v) is 23.5. The number of allylic oxidation sites excluding steroid dienone is 1. The number of hydrogen-bond acceptors (Lipinski definition) is 9. The predicted molar refractivity (Wildman–Crippen MR) is 145 cm³/mol. The molecular formula is C26H23IN2O7S. The smallest absolute Gasteiger partial charge is 0.338 e. The van der Waals surface area contributed by atoms with E-state index in [-0.39, 0.29) is 19.0 Å². The van der Waals surface area contributed by atoms with Gasteiger partial charge in [-0.25, -0.2) is 9.79 Å². The van der Waals surface area contributed by atoms with Crippen molar-refractivity contribution in [3.8, 4) is 23.0 Å². The Labute approximate surface area is 229 Å². The second kappa shape index (κ2) is 10.2. The molecule has 3 aromatic rings. The fourth-order valence-electron chi connectivity index (χ4n) is 4.36. The van der Waals surface area contributed by atoms with Crippen molar-refractivity contribution in [3.05, 3.63) is 76.0 Å². The standard InChI is InChI=1S/C26H23IN2O7S/c1-5-34-25(31)21-13(2)28-26-29(22(21)15-6-7-17-18(11-15)36-12-35-17)24(30)20(37-26)10-14-8-16(27)23(33-4)19(9-14)32-3/h6-11,22H,5,12H2,1-4H3/t22-/m1/s1. The number of aromatic nitrogens is 1. The molecule has 0 spiro atoms. The lowest BCUT2D eigenvalue weighted by atomic mass is 9.95. The monoisotopic (exact) mass is 634 g/mol. The average Bonchev–Trinajstić information content (AvgIpc) is 3.46. The van der Waals surface area contributed by atoms with Gasteiger partial charge in [-0.1, -0.05) is 17.4 Å². The Hall–Kier alpha value is -3.32. The number of thiazole rings is 1. The minimum Gasteiger partial charge on any atom is -0.493 e. The Morgan fingerprint density at radius 1 is 1.22 bits per heavy atom. The van der Waals surface area contributed by atoms with Gasteiger partial charge in [0, 0.05) is 0 Å². The molecule has 192 valence electrons. The van der Waals surface area contributed by atoms with Crippen molar-refractivity contribution >= 4 is 46.0 Å². The molecule has 0 amide bonds. The summed E-state index contributed by atoms with van der Waals surface area (Å²) in [5, 5.41) is 0. The first-order valence-corrected chi connectivity index (χ1v) is 13.3. The summed E-state index contributed by atoms with van der Waals surface area (Å²) in [5.41, 5.74) is 1.99. The SMILES string of the molecule is CCOC(=O)C1=C(C)N=c2sc(=Cc3cc(I)c(OC)c(OC)c3)c(=O)n2[C@@H]1c1ccc2c(c1)OCO2. The van der Waals surface area contributed by atoms with Gasteiger partial charge in [-0.2, -0.15) is 0 Å². The van der Waals surface area contributed by atoms with E-state index in [0.29, 0.717) is 49.2 Å². The number of halogens is 1. The quantitative estimate of drug-likeness (QED) is 0.304. The number of fused-ring (bicyclic) bond motifs is 2. The highest BCUT2D eigenvalue weighted by atomic mass is 127. The molecular weight excluding hydrogens is 611 g/mol. The molecule has 0 radical (unpaired) electrons. The molecule has 1 atom stereocenters. The van der Waals surface area contributed by atoms with E-state index in [1.807, 2.05) is 18.2 Å². The Kier molecular flexibility index (Phi) is 6.99. The summed E-state index contributed by atoms with van der Waals surface area (Å²) in [7, 11) is 3.15. The highest BCUT2D eigenvalue weighted by Crippen LogP contribution is 2.38. The molecule has 2 aliphatic rings. The number of nitrogens with zero attached hydrogens (tertiary/aromatic N) is 2. The number of benzene rings is 2. The van der Waals surface area contributed by atoms with Gasteiger partial charge in [0.15, 0.2) is 27.8 Å². The van der Waals surface area contributed by atoms with Crippen LogP contribution in [0.2, 0.25) is 0 Å². The Morgan fingerprint density at radius 3 is 2.73 bits per heavy atom. The van der Waals surface area contributed by atoms with Gasteiger partial charge >= 0.3 is 5.97 Å². The molecule has 0 saturated carbocycles. The maximum absolute atomic E-state index is 13.8. The van der Waals surface area contributed by atoms with Crippen LogP contribution in [0.4, 0.5) is 0 Å². The first-order valence-electron chi connectivity index (χ1n) is 11.4. The molecule has 3 heterocycles. The van der Waals surface area contributed by atoms with Gasteiger partial charge in [-0.15, -0.1) is 0 Å². The largest absolute Gasteiger partial charge is 0.493 e. The van der Waals surface area contributed by atoms with Gasteiger partial charge in [0.1, 0.15) is 0 Å². The minimum atomic E-state index is -0.738. The van der Waals surface area contributed by atoms with Crippen LogP contribution in [0, 0.1) is 3.57 Å². The fourth-order valence-corrected chi connectivity index (χ4v) is 6.25. The van der Waals surface area contributed by atoms with E-state index in [4.69, 9.17) is 23.7 Å². The van der Waals surface area contributed by atoms with Crippen molar-refractivity contribution in [2.75, 3.05) is 27.6 Å². The second-order valence-electron chi connectivity index (χ2n) is 8.15. The highest BCUT2D eigenvalue weighted by Gasteiger charge is 2.34. The summed E-state index contributed by atoms with van der Waals surface area (Å²) in [6.45, 7) is 3.81. The lowest BCUT2D eigenvalue weighted by molar-refractivity contribution is -0.139. The topological polar surface area (TPSA) is 97.6 Å². The number of methoxy groups -OCH3 is 2. The molecule has 5 rings (SSSR count). The molecule has 0 unspecified atom stereocenters. The maximum Gasteiger partial charge on any atom is 0.338 e. The van der Waals surface area contributed by atoms with E-state index in [1.165, 1.54) is 11.3 Å². The third-order valence-electron chi connectivity index (χ3n) is 5.98. The Bertz CT molecular complexity index is 1620. The molecule has 0 N–H and O–H groups in total. The van der Waals surface area contributed by atoms with Crippen LogP contribution < -0.4 is 33.8 Å². The summed E-state index contributed by atoms with van der Waals surface area (Å²) in [6.07, 6.45) is 1.79. The van der Waals surface area contributed by atoms with E-state index >= 15 is 0 Å². The van der Waals surface area contributed by atoms with Crippen LogP contribution >= 0.6 is 33.9 Å². The van der Waals surface area contributed by atoms with Gasteiger partial charge in [0.25, 0.3) is 5.56 Å². The third-order valence-corrected chi connectivity index (χ3v) is 7.77. The molecule has 0 fully saturated rings.